The number of phenolic OH excluding ortho intramolecular Hbond substituents is 2. The van der Waals surface area contributed by atoms with Gasteiger partial charge in [-0.05, 0) is 12.1 Å². The summed E-state index contributed by atoms with van der Waals surface area (Å²) >= 11 is 0. The van der Waals surface area contributed by atoms with Gasteiger partial charge in [0.2, 0.25) is 22.3 Å². The highest BCUT2D eigenvalue weighted by atomic mass is 32.3. The number of para-hydroxylation sites is 2. The number of rotatable bonds is 0. The lowest BCUT2D eigenvalue weighted by atomic mass is 10.3. The largest absolute Gasteiger partial charge is 0.759 e. The monoisotopic (exact) mass is 338 g/mol. The third-order valence-electron chi connectivity index (χ3n) is 1.98. The SMILES string of the molecule is N#[N+]c1ccccc1O.N#[N+]c1ccccc1O.O=S(=O)([O-])[O-]. The Morgan fingerprint density at radius 3 is 1.22 bits per heavy atom. The van der Waals surface area contributed by atoms with Crippen LogP contribution in [-0.4, -0.2) is 27.7 Å². The number of aromatic hydroxyl groups is 2. The van der Waals surface area contributed by atoms with Crippen molar-refractivity contribution in [1.82, 2.24) is 0 Å². The van der Waals surface area contributed by atoms with Gasteiger partial charge in [-0.2, -0.15) is 0 Å². The first-order valence-electron chi connectivity index (χ1n) is 5.62. The highest BCUT2D eigenvalue weighted by Gasteiger charge is 2.09. The molecule has 0 radical (unpaired) electrons. The molecule has 0 aliphatic rings. The molecule has 10 nitrogen and oxygen atoms in total. The van der Waals surface area contributed by atoms with E-state index in [9.17, 15) is 0 Å². The zero-order valence-corrected chi connectivity index (χ0v) is 12.2. The summed E-state index contributed by atoms with van der Waals surface area (Å²) in [6.07, 6.45) is 0. The Labute approximate surface area is 131 Å². The molecule has 23 heavy (non-hydrogen) atoms. The number of benzene rings is 2. The van der Waals surface area contributed by atoms with Gasteiger partial charge in [0, 0.05) is 22.5 Å². The van der Waals surface area contributed by atoms with Gasteiger partial charge in [0.1, 0.15) is 0 Å². The van der Waals surface area contributed by atoms with Crippen molar-refractivity contribution < 1.29 is 27.7 Å². The first-order chi connectivity index (χ1) is 10.7. The zero-order chi connectivity index (χ0) is 17.9. The van der Waals surface area contributed by atoms with Crippen LogP contribution in [0.1, 0.15) is 0 Å². The van der Waals surface area contributed by atoms with Crippen LogP contribution in [0.2, 0.25) is 0 Å². The van der Waals surface area contributed by atoms with Gasteiger partial charge in [-0.15, -0.1) is 0 Å². The van der Waals surface area contributed by atoms with E-state index in [1.807, 2.05) is 0 Å². The minimum Gasteiger partial charge on any atom is -0.759 e. The topological polar surface area (TPSA) is 177 Å². The van der Waals surface area contributed by atoms with E-state index in [1.165, 1.54) is 24.3 Å². The van der Waals surface area contributed by atoms with E-state index in [4.69, 9.17) is 38.5 Å². The highest BCUT2D eigenvalue weighted by molar-refractivity contribution is 7.79. The molecular formula is C12H10N4O6S. The van der Waals surface area contributed by atoms with Crippen LogP contribution in [0.3, 0.4) is 0 Å². The van der Waals surface area contributed by atoms with Crippen molar-refractivity contribution in [3.05, 3.63) is 58.5 Å². The molecule has 0 saturated carbocycles. The van der Waals surface area contributed by atoms with Gasteiger partial charge >= 0.3 is 11.4 Å². The predicted octanol–water partition coefficient (Wildman–Crippen LogP) is 2.42. The second-order valence-corrected chi connectivity index (χ2v) is 4.40. The molecule has 120 valence electrons. The average Bonchev–Trinajstić information content (AvgIpc) is 2.47. The molecule has 11 heteroatoms. The molecule has 0 saturated heterocycles. The van der Waals surface area contributed by atoms with Crippen LogP contribution in [0, 0.1) is 10.8 Å². The van der Waals surface area contributed by atoms with Crippen LogP contribution in [-0.2, 0) is 10.4 Å². The van der Waals surface area contributed by atoms with E-state index in [1.54, 1.807) is 24.3 Å². The Kier molecular flexibility index (Phi) is 8.28. The number of phenols is 2. The lowest BCUT2D eigenvalue weighted by Crippen LogP contribution is -1.91. The minimum atomic E-state index is -5.17. The average molecular weight is 338 g/mol. The fourth-order valence-corrected chi connectivity index (χ4v) is 1.10. The van der Waals surface area contributed by atoms with Crippen LogP contribution in [0.5, 0.6) is 11.5 Å². The van der Waals surface area contributed by atoms with Gasteiger partial charge in [-0.25, -0.2) is 0 Å². The summed E-state index contributed by atoms with van der Waals surface area (Å²) in [6, 6.07) is 12.6. The predicted molar refractivity (Wildman–Crippen MR) is 76.2 cm³/mol. The van der Waals surface area contributed by atoms with Crippen molar-refractivity contribution in [3.63, 3.8) is 0 Å². The lowest BCUT2D eigenvalue weighted by molar-refractivity contribution is 0.352. The molecule has 0 fully saturated rings. The molecule has 0 unspecified atom stereocenters. The molecule has 2 N–H and O–H groups in total. The minimum absolute atomic E-state index is 0.0139. The number of nitrogens with zero attached hydrogens (tertiary/aromatic N) is 4. The molecule has 0 bridgehead atoms. The molecule has 0 spiro atoms. The molecule has 0 aliphatic heterocycles. The van der Waals surface area contributed by atoms with Gasteiger partial charge in [0.05, 0.1) is 0 Å². The molecule has 0 heterocycles. The Morgan fingerprint density at radius 1 is 0.783 bits per heavy atom. The molecular weight excluding hydrogens is 328 g/mol. The van der Waals surface area contributed by atoms with Crippen molar-refractivity contribution >= 4 is 21.8 Å². The van der Waals surface area contributed by atoms with Gasteiger partial charge in [-0.3, -0.25) is 8.42 Å². The van der Waals surface area contributed by atoms with Crippen LogP contribution in [0.25, 0.3) is 9.95 Å². The fourth-order valence-electron chi connectivity index (χ4n) is 1.10. The van der Waals surface area contributed by atoms with Gasteiger partial charge in [0.15, 0.2) is 9.95 Å². The first-order valence-corrected chi connectivity index (χ1v) is 6.95. The molecule has 0 aliphatic carbocycles. The summed E-state index contributed by atoms with van der Waals surface area (Å²) < 4.78 is 34.1. The molecule has 2 aromatic carbocycles. The number of hydrogen-bond donors (Lipinski definition) is 2. The Hall–Kier alpha value is -3.25. The first kappa shape index (κ1) is 19.8. The number of diazo groups is 2. The van der Waals surface area contributed by atoms with E-state index < -0.39 is 10.4 Å². The van der Waals surface area contributed by atoms with Crippen LogP contribution >= 0.6 is 0 Å². The second-order valence-electron chi connectivity index (χ2n) is 3.59. The van der Waals surface area contributed by atoms with Crippen LogP contribution in [0.4, 0.5) is 11.4 Å². The van der Waals surface area contributed by atoms with Crippen molar-refractivity contribution in [2.45, 2.75) is 0 Å². The molecule has 0 amide bonds. The maximum Gasteiger partial charge on any atom is 0.426 e. The van der Waals surface area contributed by atoms with Crippen LogP contribution < -0.4 is 0 Å². The Bertz CT molecular complexity index is 762. The van der Waals surface area contributed by atoms with Crippen molar-refractivity contribution in [1.29, 1.82) is 10.8 Å². The Morgan fingerprint density at radius 2 is 1.04 bits per heavy atom. The van der Waals surface area contributed by atoms with Crippen molar-refractivity contribution in [2.24, 2.45) is 0 Å². The maximum atomic E-state index is 8.86. The van der Waals surface area contributed by atoms with Gasteiger partial charge in [-0.1, -0.05) is 24.3 Å². The lowest BCUT2D eigenvalue weighted by Gasteiger charge is -2.06. The summed E-state index contributed by atoms with van der Waals surface area (Å²) in [5.41, 5.74) is 0.384. The smallest absolute Gasteiger partial charge is 0.426 e. The van der Waals surface area contributed by atoms with E-state index in [0.29, 0.717) is 0 Å². The van der Waals surface area contributed by atoms with Gasteiger partial charge in [0.25, 0.3) is 0 Å². The zero-order valence-electron chi connectivity index (χ0n) is 11.3. The van der Waals surface area contributed by atoms with Crippen molar-refractivity contribution in [2.75, 3.05) is 0 Å². The molecule has 0 atom stereocenters. The summed E-state index contributed by atoms with van der Waals surface area (Å²) in [5, 5.41) is 34.1. The third kappa shape index (κ3) is 10.2. The normalized spacial score (nSPS) is 9.04. The van der Waals surface area contributed by atoms with Gasteiger partial charge < -0.3 is 19.3 Å². The molecule has 0 aromatic heterocycles. The quantitative estimate of drug-likeness (QED) is 0.417. The van der Waals surface area contributed by atoms with E-state index in [-0.39, 0.29) is 22.9 Å². The second kappa shape index (κ2) is 9.64. The fraction of sp³-hybridized carbons (Fsp3) is 0. The highest BCUT2D eigenvalue weighted by Crippen LogP contribution is 2.24. The summed E-state index contributed by atoms with van der Waals surface area (Å²) in [6.45, 7) is 0. The molecule has 2 aromatic rings. The Balaban J connectivity index is 0.000000332. The summed E-state index contributed by atoms with van der Waals surface area (Å²) in [4.78, 5) is 5.64. The standard InChI is InChI=1S/2C6H4N2O.H2O4S/c2*7-8-5-3-1-2-4-6(5)9;1-5(2,3)4/h2*1-4H;(H2,1,2,3,4). The summed E-state index contributed by atoms with van der Waals surface area (Å²) in [7, 11) is -5.17. The third-order valence-corrected chi connectivity index (χ3v) is 1.98. The molecule has 2 rings (SSSR count). The van der Waals surface area contributed by atoms with Crippen LogP contribution in [0.15, 0.2) is 48.5 Å². The number of hydrogen-bond acceptors (Lipinski definition) is 8. The van der Waals surface area contributed by atoms with Crippen molar-refractivity contribution in [3.8, 4) is 11.5 Å². The van der Waals surface area contributed by atoms with E-state index >= 15 is 0 Å². The maximum absolute atomic E-state index is 8.86. The van der Waals surface area contributed by atoms with E-state index in [2.05, 4.69) is 9.95 Å². The summed E-state index contributed by atoms with van der Waals surface area (Å²) in [5.74, 6) is -0.0278. The van der Waals surface area contributed by atoms with E-state index in [0.717, 1.165) is 0 Å².